The molecular weight excluding hydrogens is 266 g/mol. The molecule has 0 aromatic rings. The molecule has 0 atom stereocenters. The molecule has 0 saturated carbocycles. The Labute approximate surface area is 130 Å². The predicted molar refractivity (Wildman–Crippen MR) is 88.0 cm³/mol. The molecule has 0 aliphatic rings. The molecule has 0 heterocycles. The molecule has 0 fully saturated rings. The Hall–Kier alpha value is -1.16. The van der Waals surface area contributed by atoms with Gasteiger partial charge in [0.1, 0.15) is 0 Å². The van der Waals surface area contributed by atoms with Crippen LogP contribution in [0.15, 0.2) is 12.2 Å². The molecule has 4 heteroatoms. The Kier molecular flexibility index (Phi) is 12.1. The van der Waals surface area contributed by atoms with Gasteiger partial charge >= 0.3 is 0 Å². The van der Waals surface area contributed by atoms with E-state index in [1.807, 2.05) is 13.8 Å². The zero-order chi connectivity index (χ0) is 17.1. The van der Waals surface area contributed by atoms with Gasteiger partial charge in [-0.05, 0) is 51.5 Å². The van der Waals surface area contributed by atoms with E-state index in [0.29, 0.717) is 6.42 Å². The van der Waals surface area contributed by atoms with Crippen LogP contribution in [-0.2, 0) is 9.59 Å². The fourth-order valence-electron chi connectivity index (χ4n) is 1.85. The molecule has 0 aromatic heterocycles. The molecule has 0 unspecified atom stereocenters. The van der Waals surface area contributed by atoms with Gasteiger partial charge in [-0.3, -0.25) is 9.59 Å². The van der Waals surface area contributed by atoms with Crippen LogP contribution in [0.4, 0.5) is 0 Å². The van der Waals surface area contributed by atoms with E-state index in [9.17, 15) is 9.59 Å². The normalized spacial score (nSPS) is 11.5. The van der Waals surface area contributed by atoms with Gasteiger partial charge in [-0.15, -0.1) is 0 Å². The van der Waals surface area contributed by atoms with Gasteiger partial charge in [-0.1, -0.05) is 27.7 Å². The summed E-state index contributed by atoms with van der Waals surface area (Å²) in [6.07, 6.45) is 4.25. The highest BCUT2D eigenvalue weighted by atomic mass is 16.3. The summed E-state index contributed by atoms with van der Waals surface area (Å²) in [6.45, 7) is 14.1. The quantitative estimate of drug-likeness (QED) is 0.710. The molecule has 2 N–H and O–H groups in total. The molecule has 1 amide bonds. The summed E-state index contributed by atoms with van der Waals surface area (Å²) in [6, 6.07) is 0. The van der Waals surface area contributed by atoms with Crippen LogP contribution in [0.5, 0.6) is 0 Å². The fraction of sp³-hybridized carbons (Fsp3) is 0.765. The van der Waals surface area contributed by atoms with Crippen molar-refractivity contribution >= 4 is 11.7 Å². The van der Waals surface area contributed by atoms with E-state index >= 15 is 0 Å². The molecule has 0 bridgehead atoms. The molecule has 0 radical (unpaired) electrons. The maximum absolute atomic E-state index is 11.2. The van der Waals surface area contributed by atoms with Crippen molar-refractivity contribution in [2.45, 2.75) is 66.8 Å². The lowest BCUT2D eigenvalue weighted by atomic mass is 10.0. The van der Waals surface area contributed by atoms with E-state index in [2.05, 4.69) is 33.0 Å². The molecule has 0 aromatic carbocycles. The summed E-state index contributed by atoms with van der Waals surface area (Å²) >= 11 is 0. The van der Waals surface area contributed by atoms with Gasteiger partial charge in [0.15, 0.2) is 5.78 Å². The molecule has 124 valence electrons. The molecule has 21 heavy (non-hydrogen) atoms. The number of carbonyl (C=O) groups is 2. The lowest BCUT2D eigenvalue weighted by Crippen LogP contribution is -2.43. The highest BCUT2D eigenvalue weighted by Crippen LogP contribution is 2.08. The minimum absolute atomic E-state index is 0.0176. The Morgan fingerprint density at radius 2 is 1.57 bits per heavy atom. The zero-order valence-corrected chi connectivity index (χ0v) is 14.7. The van der Waals surface area contributed by atoms with Gasteiger partial charge in [-0.2, -0.15) is 0 Å². The Morgan fingerprint density at radius 1 is 1.10 bits per heavy atom. The van der Waals surface area contributed by atoms with Crippen LogP contribution in [-0.4, -0.2) is 28.9 Å². The second-order valence-corrected chi connectivity index (χ2v) is 6.81. The number of amides is 1. The standard InChI is InChI=1S/C10H17NO3.C7H16/c1-8(13)4-5-9(14)11-10(2,3)6-7-12;1-6(2)5-7(3)4/h4-5,12H,6-7H2,1-3H3,(H,11,14);6-7H,5H2,1-4H3/b5-4-;. The monoisotopic (exact) mass is 299 g/mol. The van der Waals surface area contributed by atoms with Crippen molar-refractivity contribution in [3.05, 3.63) is 12.2 Å². The molecule has 0 aliphatic heterocycles. The number of allylic oxidation sites excluding steroid dienone is 1. The molecular formula is C17H33NO3. The topological polar surface area (TPSA) is 66.4 Å². The van der Waals surface area contributed by atoms with E-state index in [-0.39, 0.29) is 18.3 Å². The van der Waals surface area contributed by atoms with E-state index in [1.165, 1.54) is 25.5 Å². The average molecular weight is 299 g/mol. The highest BCUT2D eigenvalue weighted by Gasteiger charge is 2.17. The number of aliphatic hydroxyl groups excluding tert-OH is 1. The minimum Gasteiger partial charge on any atom is -0.396 e. The van der Waals surface area contributed by atoms with Gasteiger partial charge in [0, 0.05) is 18.2 Å². The summed E-state index contributed by atoms with van der Waals surface area (Å²) in [7, 11) is 0. The van der Waals surface area contributed by atoms with E-state index in [4.69, 9.17) is 5.11 Å². The zero-order valence-electron chi connectivity index (χ0n) is 14.7. The van der Waals surface area contributed by atoms with E-state index in [1.54, 1.807) is 0 Å². The van der Waals surface area contributed by atoms with Crippen LogP contribution >= 0.6 is 0 Å². The Balaban J connectivity index is 0. The number of hydrogen-bond acceptors (Lipinski definition) is 3. The van der Waals surface area contributed by atoms with Crippen LogP contribution in [0.3, 0.4) is 0 Å². The van der Waals surface area contributed by atoms with Gasteiger partial charge in [-0.25, -0.2) is 0 Å². The largest absolute Gasteiger partial charge is 0.396 e. The fourth-order valence-corrected chi connectivity index (χ4v) is 1.85. The minimum atomic E-state index is -0.451. The number of carbonyl (C=O) groups excluding carboxylic acids is 2. The van der Waals surface area contributed by atoms with Gasteiger partial charge in [0.25, 0.3) is 0 Å². The smallest absolute Gasteiger partial charge is 0.244 e. The molecule has 4 nitrogen and oxygen atoms in total. The average Bonchev–Trinajstić information content (AvgIpc) is 2.24. The first-order valence-electron chi connectivity index (χ1n) is 7.61. The van der Waals surface area contributed by atoms with Crippen molar-refractivity contribution in [3.63, 3.8) is 0 Å². The maximum Gasteiger partial charge on any atom is 0.244 e. The third-order valence-electron chi connectivity index (χ3n) is 2.61. The third-order valence-corrected chi connectivity index (χ3v) is 2.61. The molecule has 0 aliphatic carbocycles. The Bertz CT molecular complexity index is 325. The van der Waals surface area contributed by atoms with Crippen molar-refractivity contribution in [3.8, 4) is 0 Å². The van der Waals surface area contributed by atoms with Crippen molar-refractivity contribution in [2.75, 3.05) is 6.61 Å². The molecule has 0 spiro atoms. The highest BCUT2D eigenvalue weighted by molar-refractivity contribution is 5.96. The van der Waals surface area contributed by atoms with E-state index < -0.39 is 5.54 Å². The third kappa shape index (κ3) is 18.8. The van der Waals surface area contributed by atoms with E-state index in [0.717, 1.165) is 11.8 Å². The van der Waals surface area contributed by atoms with Crippen LogP contribution < -0.4 is 5.32 Å². The number of ketones is 1. The number of hydrogen-bond donors (Lipinski definition) is 2. The first kappa shape index (κ1) is 22.1. The van der Waals surface area contributed by atoms with Gasteiger partial charge in [0.2, 0.25) is 5.91 Å². The van der Waals surface area contributed by atoms with Crippen molar-refractivity contribution in [1.82, 2.24) is 5.32 Å². The second kappa shape index (κ2) is 11.5. The number of nitrogens with one attached hydrogen (secondary N) is 1. The van der Waals surface area contributed by atoms with Crippen molar-refractivity contribution in [2.24, 2.45) is 11.8 Å². The summed E-state index contributed by atoms with van der Waals surface area (Å²) in [4.78, 5) is 21.7. The summed E-state index contributed by atoms with van der Waals surface area (Å²) in [5.74, 6) is 1.26. The maximum atomic E-state index is 11.2. The number of rotatable bonds is 7. The van der Waals surface area contributed by atoms with Gasteiger partial charge in [0.05, 0.1) is 0 Å². The lowest BCUT2D eigenvalue weighted by Gasteiger charge is -2.24. The number of aliphatic hydroxyl groups is 1. The van der Waals surface area contributed by atoms with Crippen LogP contribution in [0.1, 0.15) is 61.3 Å². The predicted octanol–water partition coefficient (Wildman–Crippen LogP) is 3.10. The summed E-state index contributed by atoms with van der Waals surface area (Å²) in [5.41, 5.74) is -0.451. The van der Waals surface area contributed by atoms with Crippen molar-refractivity contribution in [1.29, 1.82) is 0 Å². The summed E-state index contributed by atoms with van der Waals surface area (Å²) in [5, 5.41) is 11.4. The van der Waals surface area contributed by atoms with Crippen LogP contribution in [0.25, 0.3) is 0 Å². The first-order chi connectivity index (χ1) is 9.50. The van der Waals surface area contributed by atoms with Crippen molar-refractivity contribution < 1.29 is 14.7 Å². The molecule has 0 saturated heterocycles. The van der Waals surface area contributed by atoms with Crippen LogP contribution in [0, 0.1) is 11.8 Å². The SMILES string of the molecule is CC(=O)/C=C\C(=O)NC(C)(C)CCO.CC(C)CC(C)C. The summed E-state index contributed by atoms with van der Waals surface area (Å²) < 4.78 is 0. The van der Waals surface area contributed by atoms with Crippen LogP contribution in [0.2, 0.25) is 0 Å². The Morgan fingerprint density at radius 3 is 1.86 bits per heavy atom. The first-order valence-corrected chi connectivity index (χ1v) is 7.61. The second-order valence-electron chi connectivity index (χ2n) is 6.81. The van der Waals surface area contributed by atoms with Gasteiger partial charge < -0.3 is 10.4 Å². The molecule has 0 rings (SSSR count). The lowest BCUT2D eigenvalue weighted by molar-refractivity contribution is -0.118.